The normalized spacial score (nSPS) is 10.6. The molecule has 0 bridgehead atoms. The van der Waals surface area contributed by atoms with Crippen molar-refractivity contribution in [2.24, 2.45) is 0 Å². The van der Waals surface area contributed by atoms with Crippen LogP contribution in [0.15, 0.2) is 52.9 Å². The molecule has 0 aliphatic carbocycles. The van der Waals surface area contributed by atoms with Gasteiger partial charge in [0.25, 0.3) is 0 Å². The summed E-state index contributed by atoms with van der Waals surface area (Å²) in [6.07, 6.45) is 1.60. The number of ether oxygens (including phenoxy) is 2. The van der Waals surface area contributed by atoms with E-state index >= 15 is 0 Å². The van der Waals surface area contributed by atoms with Gasteiger partial charge in [-0.15, -0.1) is 10.2 Å². The zero-order chi connectivity index (χ0) is 20.6. The van der Waals surface area contributed by atoms with E-state index in [-0.39, 0.29) is 5.91 Å². The van der Waals surface area contributed by atoms with Crippen molar-refractivity contribution in [2.45, 2.75) is 25.8 Å². The van der Waals surface area contributed by atoms with Crippen LogP contribution < -0.4 is 9.47 Å². The number of aryl methyl sites for hydroxylation is 1. The third-order valence-corrected chi connectivity index (χ3v) is 4.60. The fraction of sp³-hybridized carbons (Fsp3) is 0.318. The predicted octanol–water partition coefficient (Wildman–Crippen LogP) is 3.74. The molecule has 1 heterocycles. The Balaban J connectivity index is 1.50. The molecule has 29 heavy (non-hydrogen) atoms. The number of aromatic nitrogens is 2. The van der Waals surface area contributed by atoms with Crippen LogP contribution in [0.4, 0.5) is 0 Å². The number of hydrogen-bond donors (Lipinski definition) is 0. The van der Waals surface area contributed by atoms with Crippen molar-refractivity contribution in [3.63, 3.8) is 0 Å². The summed E-state index contributed by atoms with van der Waals surface area (Å²) < 4.78 is 16.3. The SMILES string of the molecule is COc1ccc(CN(C)C(=O)CCCc2nnc(-c3ccccc3)o2)c(OC)c1. The lowest BCUT2D eigenvalue weighted by atomic mass is 10.1. The first-order valence-corrected chi connectivity index (χ1v) is 9.43. The molecule has 0 N–H and O–H groups in total. The van der Waals surface area contributed by atoms with E-state index in [0.717, 1.165) is 11.1 Å². The van der Waals surface area contributed by atoms with E-state index in [4.69, 9.17) is 13.9 Å². The highest BCUT2D eigenvalue weighted by atomic mass is 16.5. The highest BCUT2D eigenvalue weighted by Crippen LogP contribution is 2.25. The van der Waals surface area contributed by atoms with Gasteiger partial charge in [0.2, 0.25) is 17.7 Å². The van der Waals surface area contributed by atoms with Gasteiger partial charge in [-0.05, 0) is 30.7 Å². The zero-order valence-electron chi connectivity index (χ0n) is 16.9. The van der Waals surface area contributed by atoms with Gasteiger partial charge >= 0.3 is 0 Å². The van der Waals surface area contributed by atoms with Crippen molar-refractivity contribution >= 4 is 5.91 Å². The summed E-state index contributed by atoms with van der Waals surface area (Å²) in [6, 6.07) is 15.2. The fourth-order valence-electron chi connectivity index (χ4n) is 2.96. The van der Waals surface area contributed by atoms with Crippen molar-refractivity contribution in [2.75, 3.05) is 21.3 Å². The Labute approximate surface area is 170 Å². The summed E-state index contributed by atoms with van der Waals surface area (Å²) in [5, 5.41) is 8.14. The smallest absolute Gasteiger partial charge is 0.247 e. The number of methoxy groups -OCH3 is 2. The molecule has 152 valence electrons. The van der Waals surface area contributed by atoms with Crippen LogP contribution in [0, 0.1) is 0 Å². The molecular formula is C22H25N3O4. The lowest BCUT2D eigenvalue weighted by molar-refractivity contribution is -0.130. The minimum atomic E-state index is 0.0469. The van der Waals surface area contributed by atoms with Crippen molar-refractivity contribution in [3.05, 3.63) is 60.0 Å². The minimum absolute atomic E-state index is 0.0469. The first-order valence-electron chi connectivity index (χ1n) is 9.43. The van der Waals surface area contributed by atoms with E-state index in [1.807, 2.05) is 48.5 Å². The largest absolute Gasteiger partial charge is 0.497 e. The predicted molar refractivity (Wildman–Crippen MR) is 109 cm³/mol. The highest BCUT2D eigenvalue weighted by Gasteiger charge is 2.14. The van der Waals surface area contributed by atoms with Crippen LogP contribution in [0.5, 0.6) is 11.5 Å². The summed E-state index contributed by atoms with van der Waals surface area (Å²) >= 11 is 0. The molecule has 0 saturated carbocycles. The maximum atomic E-state index is 12.5. The summed E-state index contributed by atoms with van der Waals surface area (Å²) in [6.45, 7) is 0.463. The van der Waals surface area contributed by atoms with E-state index in [9.17, 15) is 4.79 Å². The number of carbonyl (C=O) groups excluding carboxylic acids is 1. The fourth-order valence-corrected chi connectivity index (χ4v) is 2.96. The van der Waals surface area contributed by atoms with Gasteiger partial charge in [-0.2, -0.15) is 0 Å². The maximum Gasteiger partial charge on any atom is 0.247 e. The van der Waals surface area contributed by atoms with Crippen LogP contribution in [0.3, 0.4) is 0 Å². The van der Waals surface area contributed by atoms with E-state index in [2.05, 4.69) is 10.2 Å². The van der Waals surface area contributed by atoms with Crippen LogP contribution in [0.25, 0.3) is 11.5 Å². The van der Waals surface area contributed by atoms with E-state index in [1.165, 1.54) is 0 Å². The van der Waals surface area contributed by atoms with Gasteiger partial charge < -0.3 is 18.8 Å². The first kappa shape index (κ1) is 20.4. The Morgan fingerprint density at radius 2 is 1.86 bits per heavy atom. The van der Waals surface area contributed by atoms with E-state index in [1.54, 1.807) is 26.2 Å². The second-order valence-corrected chi connectivity index (χ2v) is 6.65. The van der Waals surface area contributed by atoms with Crippen LogP contribution in [0.2, 0.25) is 0 Å². The van der Waals surface area contributed by atoms with Crippen molar-refractivity contribution in [3.8, 4) is 23.0 Å². The molecule has 0 spiro atoms. The second kappa shape index (κ2) is 9.73. The summed E-state index contributed by atoms with van der Waals surface area (Å²) in [5.74, 6) is 2.50. The number of benzene rings is 2. The maximum absolute atomic E-state index is 12.5. The Morgan fingerprint density at radius 3 is 2.59 bits per heavy atom. The third kappa shape index (κ3) is 5.34. The Bertz CT molecular complexity index is 940. The van der Waals surface area contributed by atoms with Gasteiger partial charge in [0, 0.05) is 43.6 Å². The van der Waals surface area contributed by atoms with Gasteiger partial charge in [-0.3, -0.25) is 4.79 Å². The highest BCUT2D eigenvalue weighted by molar-refractivity contribution is 5.76. The second-order valence-electron chi connectivity index (χ2n) is 6.65. The molecule has 3 rings (SSSR count). The monoisotopic (exact) mass is 395 g/mol. The first-order chi connectivity index (χ1) is 14.1. The molecule has 7 nitrogen and oxygen atoms in total. The average Bonchev–Trinajstić information content (AvgIpc) is 3.23. The van der Waals surface area contributed by atoms with Crippen molar-refractivity contribution < 1.29 is 18.7 Å². The molecule has 0 radical (unpaired) electrons. The van der Waals surface area contributed by atoms with Gasteiger partial charge in [0.1, 0.15) is 11.5 Å². The number of amides is 1. The van der Waals surface area contributed by atoms with Crippen molar-refractivity contribution in [1.29, 1.82) is 0 Å². The Morgan fingerprint density at radius 1 is 1.07 bits per heavy atom. The van der Waals surface area contributed by atoms with Gasteiger partial charge in [-0.1, -0.05) is 18.2 Å². The lowest BCUT2D eigenvalue weighted by Gasteiger charge is -2.19. The third-order valence-electron chi connectivity index (χ3n) is 4.60. The summed E-state index contributed by atoms with van der Waals surface area (Å²) in [7, 11) is 5.00. The quantitative estimate of drug-likeness (QED) is 0.549. The molecule has 2 aromatic carbocycles. The molecule has 1 aromatic heterocycles. The standard InChI is InChI=1S/C22H25N3O4/c1-25(15-17-12-13-18(27-2)14-19(17)28-3)21(26)11-7-10-20-23-24-22(29-20)16-8-5-4-6-9-16/h4-6,8-9,12-14H,7,10-11,15H2,1-3H3. The van der Waals surface area contributed by atoms with E-state index < -0.39 is 0 Å². The van der Waals surface area contributed by atoms with Crippen LogP contribution >= 0.6 is 0 Å². The molecule has 7 heteroatoms. The van der Waals surface area contributed by atoms with Crippen molar-refractivity contribution in [1.82, 2.24) is 15.1 Å². The average molecular weight is 395 g/mol. The number of carbonyl (C=O) groups is 1. The van der Waals surface area contributed by atoms with Gasteiger partial charge in [0.05, 0.1) is 14.2 Å². The Hall–Kier alpha value is -3.35. The number of nitrogens with zero attached hydrogens (tertiary/aromatic N) is 3. The molecule has 3 aromatic rings. The molecule has 0 fully saturated rings. The number of rotatable bonds is 9. The molecule has 0 aliphatic heterocycles. The number of hydrogen-bond acceptors (Lipinski definition) is 6. The van der Waals surface area contributed by atoms with E-state index in [0.29, 0.717) is 49.1 Å². The summed E-state index contributed by atoms with van der Waals surface area (Å²) in [4.78, 5) is 14.2. The molecule has 0 atom stereocenters. The summed E-state index contributed by atoms with van der Waals surface area (Å²) in [5.41, 5.74) is 1.81. The van der Waals surface area contributed by atoms with Gasteiger partial charge in [-0.25, -0.2) is 0 Å². The molecular weight excluding hydrogens is 370 g/mol. The van der Waals surface area contributed by atoms with Crippen LogP contribution in [-0.4, -0.2) is 42.3 Å². The topological polar surface area (TPSA) is 77.7 Å². The zero-order valence-corrected chi connectivity index (χ0v) is 16.9. The molecule has 0 unspecified atom stereocenters. The Kier molecular flexibility index (Phi) is 6.84. The van der Waals surface area contributed by atoms with Crippen LogP contribution in [0.1, 0.15) is 24.3 Å². The minimum Gasteiger partial charge on any atom is -0.497 e. The lowest BCUT2D eigenvalue weighted by Crippen LogP contribution is -2.26. The molecule has 0 aliphatic rings. The molecule has 0 saturated heterocycles. The molecule has 1 amide bonds. The van der Waals surface area contributed by atoms with Crippen LogP contribution in [-0.2, 0) is 17.8 Å². The van der Waals surface area contributed by atoms with Gasteiger partial charge in [0.15, 0.2) is 0 Å².